The molecule has 9 heteroatoms. The topological polar surface area (TPSA) is 74.7 Å². The van der Waals surface area contributed by atoms with Gasteiger partial charge in [0.15, 0.2) is 5.11 Å². The van der Waals surface area contributed by atoms with Crippen LogP contribution in [0.4, 0.5) is 5.69 Å². The highest BCUT2D eigenvalue weighted by atomic mass is 32.1. The predicted molar refractivity (Wildman–Crippen MR) is 158 cm³/mol. The Morgan fingerprint density at radius 2 is 1.85 bits per heavy atom. The number of rotatable bonds is 10. The molecule has 8 nitrogen and oxygen atoms in total. The molecule has 4 heterocycles. The number of pyridine rings is 1. The Morgan fingerprint density at radius 1 is 1.08 bits per heavy atom. The zero-order chi connectivity index (χ0) is 27.2. The molecule has 5 rings (SSSR count). The van der Waals surface area contributed by atoms with Gasteiger partial charge in [-0.15, -0.1) is 0 Å². The van der Waals surface area contributed by atoms with E-state index in [1.807, 2.05) is 54.7 Å². The Kier molecular flexibility index (Phi) is 8.91. The number of anilines is 1. The first-order valence-electron chi connectivity index (χ1n) is 13.8. The molecule has 2 aliphatic rings. The monoisotopic (exact) mass is 546 g/mol. The molecule has 0 bridgehead atoms. The molecule has 1 amide bonds. The molecule has 2 N–H and O–H groups in total. The van der Waals surface area contributed by atoms with Crippen molar-refractivity contribution in [3.05, 3.63) is 83.4 Å². The first kappa shape index (κ1) is 27.3. The fraction of sp³-hybridized carbons (Fsp3) is 0.433. The van der Waals surface area contributed by atoms with Crippen molar-refractivity contribution in [2.45, 2.75) is 45.3 Å². The second-order valence-corrected chi connectivity index (χ2v) is 10.7. The highest BCUT2D eigenvalue weighted by Gasteiger charge is 2.41. The van der Waals surface area contributed by atoms with Gasteiger partial charge in [-0.3, -0.25) is 14.7 Å². The van der Waals surface area contributed by atoms with Crippen molar-refractivity contribution in [1.29, 1.82) is 0 Å². The van der Waals surface area contributed by atoms with E-state index in [2.05, 4.69) is 49.9 Å². The second kappa shape index (κ2) is 12.7. The van der Waals surface area contributed by atoms with Crippen molar-refractivity contribution in [1.82, 2.24) is 24.7 Å². The van der Waals surface area contributed by atoms with E-state index in [9.17, 15) is 4.79 Å². The first-order chi connectivity index (χ1) is 19.0. The van der Waals surface area contributed by atoms with Crippen molar-refractivity contribution in [2.75, 3.05) is 44.7 Å². The molecule has 2 aliphatic heterocycles. The minimum Gasteiger partial charge on any atom is -0.379 e. The van der Waals surface area contributed by atoms with Gasteiger partial charge in [-0.05, 0) is 68.4 Å². The third-order valence-corrected chi connectivity index (χ3v) is 8.08. The molecule has 0 aliphatic carbocycles. The van der Waals surface area contributed by atoms with Gasteiger partial charge < -0.3 is 24.8 Å². The summed E-state index contributed by atoms with van der Waals surface area (Å²) < 4.78 is 7.92. The molecule has 206 valence electrons. The third kappa shape index (κ3) is 6.49. The summed E-state index contributed by atoms with van der Waals surface area (Å²) >= 11 is 5.83. The van der Waals surface area contributed by atoms with E-state index in [0.717, 1.165) is 57.2 Å². The van der Waals surface area contributed by atoms with Crippen molar-refractivity contribution < 1.29 is 9.53 Å². The van der Waals surface area contributed by atoms with Gasteiger partial charge in [-0.25, -0.2) is 0 Å². The van der Waals surface area contributed by atoms with Crippen molar-refractivity contribution in [2.24, 2.45) is 0 Å². The molecule has 39 heavy (non-hydrogen) atoms. The number of aromatic nitrogens is 2. The van der Waals surface area contributed by atoms with Crippen LogP contribution in [0.25, 0.3) is 0 Å². The largest absolute Gasteiger partial charge is 0.379 e. The summed E-state index contributed by atoms with van der Waals surface area (Å²) in [5.41, 5.74) is 5.45. The van der Waals surface area contributed by atoms with Crippen LogP contribution in [0.5, 0.6) is 0 Å². The van der Waals surface area contributed by atoms with Gasteiger partial charge in [0.1, 0.15) is 0 Å². The van der Waals surface area contributed by atoms with Crippen molar-refractivity contribution in [3.8, 4) is 0 Å². The number of para-hydroxylation sites is 1. The van der Waals surface area contributed by atoms with Crippen molar-refractivity contribution in [3.63, 3.8) is 0 Å². The summed E-state index contributed by atoms with van der Waals surface area (Å²) in [6.07, 6.45) is 3.24. The minimum absolute atomic E-state index is 0.0300. The van der Waals surface area contributed by atoms with Gasteiger partial charge in [0.25, 0.3) is 0 Å². The van der Waals surface area contributed by atoms with Crippen LogP contribution in [-0.4, -0.2) is 69.8 Å². The molecular weight excluding hydrogens is 508 g/mol. The first-order valence-corrected chi connectivity index (χ1v) is 14.2. The third-order valence-electron chi connectivity index (χ3n) is 7.73. The molecule has 2 aromatic heterocycles. The number of nitrogens with zero attached hydrogens (tertiary/aromatic N) is 4. The number of benzene rings is 1. The average molecular weight is 547 g/mol. The second-order valence-electron chi connectivity index (χ2n) is 10.3. The Bertz CT molecular complexity index is 1260. The summed E-state index contributed by atoms with van der Waals surface area (Å²) in [5, 5.41) is 7.17. The number of morpholine rings is 1. The zero-order valence-electron chi connectivity index (χ0n) is 22.8. The lowest BCUT2D eigenvalue weighted by molar-refractivity contribution is -0.116. The Balaban J connectivity index is 1.34. The summed E-state index contributed by atoms with van der Waals surface area (Å²) in [4.78, 5) is 22.1. The van der Waals surface area contributed by atoms with Crippen LogP contribution in [0.2, 0.25) is 0 Å². The van der Waals surface area contributed by atoms with Crippen LogP contribution in [0.1, 0.15) is 47.6 Å². The van der Waals surface area contributed by atoms with Gasteiger partial charge in [0.2, 0.25) is 5.91 Å². The van der Waals surface area contributed by atoms with Crippen LogP contribution < -0.4 is 10.6 Å². The summed E-state index contributed by atoms with van der Waals surface area (Å²) in [7, 11) is 0. The zero-order valence-corrected chi connectivity index (χ0v) is 23.6. The number of amides is 1. The number of thiocarbonyl (C=S) groups is 1. The minimum atomic E-state index is -0.0989. The fourth-order valence-electron chi connectivity index (χ4n) is 5.70. The predicted octanol–water partition coefficient (Wildman–Crippen LogP) is 4.22. The summed E-state index contributed by atoms with van der Waals surface area (Å²) in [5.74, 6) is -0.0300. The van der Waals surface area contributed by atoms with Crippen molar-refractivity contribution >= 4 is 28.9 Å². The van der Waals surface area contributed by atoms with Crippen LogP contribution >= 0.6 is 12.2 Å². The lowest BCUT2D eigenvalue weighted by Crippen LogP contribution is -2.37. The SMILES string of the molecule is Cc1cc([C@@H]2[C@H](c3ccccn3)NC(=S)N2CCC(=O)Nc2ccccc2)c(C)n1CCCN1CCOCC1. The van der Waals surface area contributed by atoms with Gasteiger partial charge in [-0.1, -0.05) is 24.3 Å². The van der Waals surface area contributed by atoms with Gasteiger partial charge in [-0.2, -0.15) is 0 Å². The standard InChI is InChI=1S/C30H38N6O2S/c1-22-21-25(23(2)35(22)15-8-14-34-17-19-38-20-18-34)29-28(26-11-6-7-13-31-26)33-30(39)36(29)16-12-27(37)32-24-9-4-3-5-10-24/h3-7,9-11,13,21,28-29H,8,12,14-20H2,1-2H3,(H,32,37)(H,33,39)/t28-,29+/m0/s1. The van der Waals surface area contributed by atoms with Crippen LogP contribution in [0.3, 0.4) is 0 Å². The number of ether oxygens (including phenoxy) is 1. The molecule has 0 unspecified atom stereocenters. The van der Waals surface area contributed by atoms with Gasteiger partial charge >= 0.3 is 0 Å². The van der Waals surface area contributed by atoms with E-state index in [1.54, 1.807) is 0 Å². The number of hydrogen-bond donors (Lipinski definition) is 2. The number of carbonyl (C=O) groups excluding carboxylic acids is 1. The van der Waals surface area contributed by atoms with Crippen LogP contribution in [-0.2, 0) is 16.1 Å². The normalized spacial score (nSPS) is 19.7. The molecule has 0 saturated carbocycles. The van der Waals surface area contributed by atoms with E-state index < -0.39 is 0 Å². The smallest absolute Gasteiger partial charge is 0.226 e. The summed E-state index contributed by atoms with van der Waals surface area (Å²) in [6.45, 7) is 10.6. The Labute approximate surface area is 236 Å². The molecule has 1 aromatic carbocycles. The molecule has 2 saturated heterocycles. The molecule has 0 spiro atoms. The molecule has 0 radical (unpaired) electrons. The lowest BCUT2D eigenvalue weighted by atomic mass is 9.96. The maximum atomic E-state index is 12.8. The highest BCUT2D eigenvalue weighted by molar-refractivity contribution is 7.80. The van der Waals surface area contributed by atoms with Gasteiger partial charge in [0.05, 0.1) is 31.0 Å². The highest BCUT2D eigenvalue weighted by Crippen LogP contribution is 2.41. The fourth-order valence-corrected chi connectivity index (χ4v) is 6.03. The summed E-state index contributed by atoms with van der Waals surface area (Å²) in [6, 6.07) is 17.7. The van der Waals surface area contributed by atoms with Gasteiger partial charge in [0, 0.05) is 62.4 Å². The number of hydrogen-bond acceptors (Lipinski definition) is 5. The number of carbonyl (C=O) groups is 1. The van der Waals surface area contributed by atoms with E-state index in [4.69, 9.17) is 17.0 Å². The number of nitrogens with one attached hydrogen (secondary N) is 2. The van der Waals surface area contributed by atoms with Crippen LogP contribution in [0, 0.1) is 13.8 Å². The van der Waals surface area contributed by atoms with Crippen LogP contribution in [0.15, 0.2) is 60.8 Å². The maximum absolute atomic E-state index is 12.8. The Morgan fingerprint density at radius 3 is 2.59 bits per heavy atom. The average Bonchev–Trinajstić information content (AvgIpc) is 3.43. The Hall–Kier alpha value is -3.27. The van der Waals surface area contributed by atoms with E-state index >= 15 is 0 Å². The van der Waals surface area contributed by atoms with E-state index in [-0.39, 0.29) is 18.0 Å². The number of aryl methyl sites for hydroxylation is 1. The van der Waals surface area contributed by atoms with E-state index in [0.29, 0.717) is 18.1 Å². The molecule has 2 fully saturated rings. The molecule has 3 aromatic rings. The molecular formula is C30H38N6O2S. The maximum Gasteiger partial charge on any atom is 0.226 e. The lowest BCUT2D eigenvalue weighted by Gasteiger charge is -2.28. The quantitative estimate of drug-likeness (QED) is 0.369. The van der Waals surface area contributed by atoms with E-state index in [1.165, 1.54) is 17.0 Å². The molecule has 2 atom stereocenters.